The number of nitrogens with zero attached hydrogens (tertiary/aromatic N) is 3. The summed E-state index contributed by atoms with van der Waals surface area (Å²) in [5.41, 5.74) is 4.03. The highest BCUT2D eigenvalue weighted by Crippen LogP contribution is 2.37. The summed E-state index contributed by atoms with van der Waals surface area (Å²) in [5, 5.41) is 10.5. The van der Waals surface area contributed by atoms with Crippen LogP contribution in [0.4, 0.5) is 0 Å². The second-order valence-corrected chi connectivity index (χ2v) is 10.6. The summed E-state index contributed by atoms with van der Waals surface area (Å²) < 4.78 is 13.4. The van der Waals surface area contributed by atoms with E-state index in [0.717, 1.165) is 15.6 Å². The summed E-state index contributed by atoms with van der Waals surface area (Å²) in [6, 6.07) is 19.1. The third-order valence-corrected chi connectivity index (χ3v) is 7.95. The molecule has 0 aliphatic carbocycles. The highest BCUT2D eigenvalue weighted by atomic mass is 35.5. The summed E-state index contributed by atoms with van der Waals surface area (Å²) in [6.07, 6.45) is 3.10. The van der Waals surface area contributed by atoms with Crippen molar-refractivity contribution in [3.63, 3.8) is 0 Å². The Bertz CT molecular complexity index is 1770. The third kappa shape index (κ3) is 6.13. The number of halogens is 3. The number of nitrogens with one attached hydrogen (secondary N) is 1. The number of rotatable bonds is 8. The smallest absolute Gasteiger partial charge is 0.355 e. The van der Waals surface area contributed by atoms with Gasteiger partial charge in [0.15, 0.2) is 17.2 Å². The van der Waals surface area contributed by atoms with E-state index in [4.69, 9.17) is 44.3 Å². The monoisotopic (exact) mass is 612 g/mol. The molecule has 1 N–H and O–H groups in total. The van der Waals surface area contributed by atoms with Gasteiger partial charge in [0, 0.05) is 26.3 Å². The second-order valence-electron chi connectivity index (χ2n) is 8.37. The molecular weight excluding hydrogens is 595 g/mol. The van der Waals surface area contributed by atoms with E-state index in [1.165, 1.54) is 24.7 Å². The molecule has 5 aromatic rings. The Balaban J connectivity index is 1.22. The molecule has 0 bridgehead atoms. The zero-order valence-corrected chi connectivity index (χ0v) is 23.8. The average molecular weight is 614 g/mol. The van der Waals surface area contributed by atoms with Crippen LogP contribution in [0.25, 0.3) is 10.1 Å². The van der Waals surface area contributed by atoms with Crippen LogP contribution in [-0.2, 0) is 6.54 Å². The molecule has 0 aliphatic rings. The first-order valence-electron chi connectivity index (χ1n) is 11.7. The molecule has 0 saturated heterocycles. The van der Waals surface area contributed by atoms with Crippen LogP contribution < -0.4 is 14.9 Å². The molecule has 2 aromatic heterocycles. The summed E-state index contributed by atoms with van der Waals surface area (Å²) >= 11 is 19.8. The van der Waals surface area contributed by atoms with Crippen molar-refractivity contribution in [2.24, 2.45) is 5.10 Å². The molecule has 12 heteroatoms. The quantitative estimate of drug-likeness (QED) is 0.0872. The van der Waals surface area contributed by atoms with E-state index in [-0.39, 0.29) is 11.4 Å². The number of thiophene rings is 1. The van der Waals surface area contributed by atoms with Gasteiger partial charge in [-0.05, 0) is 53.6 Å². The molecule has 0 fully saturated rings. The van der Waals surface area contributed by atoms with Crippen LogP contribution in [0.3, 0.4) is 0 Å². The van der Waals surface area contributed by atoms with Crippen LogP contribution >= 0.6 is 46.1 Å². The predicted octanol–water partition coefficient (Wildman–Crippen LogP) is 7.10. The van der Waals surface area contributed by atoms with Gasteiger partial charge < -0.3 is 9.47 Å². The molecule has 0 radical (unpaired) electrons. The number of esters is 1. The third-order valence-electron chi connectivity index (χ3n) is 5.71. The van der Waals surface area contributed by atoms with Gasteiger partial charge in [-0.2, -0.15) is 10.2 Å². The minimum absolute atomic E-state index is 0.182. The van der Waals surface area contributed by atoms with Crippen LogP contribution in [0.15, 0.2) is 78.0 Å². The van der Waals surface area contributed by atoms with Gasteiger partial charge >= 0.3 is 5.97 Å². The predicted molar refractivity (Wildman–Crippen MR) is 158 cm³/mol. The van der Waals surface area contributed by atoms with Crippen LogP contribution in [0.1, 0.15) is 31.3 Å². The van der Waals surface area contributed by atoms with Gasteiger partial charge in [-0.15, -0.1) is 11.3 Å². The van der Waals surface area contributed by atoms with E-state index in [1.807, 2.05) is 24.3 Å². The number of carbonyl (C=O) groups is 2. The summed E-state index contributed by atoms with van der Waals surface area (Å²) in [6.45, 7) is 0.373. The Labute approximate surface area is 247 Å². The SMILES string of the molecule is COc1cc(/C=N/NC(=O)c2ccn(Cc3ccc(Cl)cc3Cl)n2)ccc1OC(=O)c1sc2ccccc2c1Cl. The molecule has 0 aliphatic heterocycles. The minimum Gasteiger partial charge on any atom is -0.493 e. The van der Waals surface area contributed by atoms with Crippen molar-refractivity contribution in [3.8, 4) is 11.5 Å². The Morgan fingerprint density at radius 2 is 1.88 bits per heavy atom. The van der Waals surface area contributed by atoms with Gasteiger partial charge in [0.05, 0.1) is 24.9 Å². The lowest BCUT2D eigenvalue weighted by atomic mass is 10.2. The highest BCUT2D eigenvalue weighted by molar-refractivity contribution is 7.21. The number of ether oxygens (including phenoxy) is 2. The molecule has 40 heavy (non-hydrogen) atoms. The Morgan fingerprint density at radius 3 is 2.65 bits per heavy atom. The van der Waals surface area contributed by atoms with Crippen molar-refractivity contribution < 1.29 is 19.1 Å². The standard InChI is InChI=1S/C28H19Cl3N4O4S/c1-38-23-12-16(6-9-22(23)39-28(37)26-25(31)19-4-2-3-5-24(19)40-26)14-32-33-27(36)21-10-11-35(34-21)15-17-7-8-18(29)13-20(17)30/h2-14H,15H2,1H3,(H,33,36)/b32-14+. The fourth-order valence-electron chi connectivity index (χ4n) is 3.76. The zero-order chi connectivity index (χ0) is 28.2. The van der Waals surface area contributed by atoms with Gasteiger partial charge in [-0.3, -0.25) is 9.48 Å². The highest BCUT2D eigenvalue weighted by Gasteiger charge is 2.20. The number of hydrogen-bond acceptors (Lipinski definition) is 7. The maximum atomic E-state index is 12.8. The first kappa shape index (κ1) is 27.7. The Morgan fingerprint density at radius 1 is 1.05 bits per heavy atom. The number of fused-ring (bicyclic) bond motifs is 1. The molecule has 1 amide bonds. The van der Waals surface area contributed by atoms with Crippen LogP contribution in [0.2, 0.25) is 15.1 Å². The molecule has 8 nitrogen and oxygen atoms in total. The van der Waals surface area contributed by atoms with Gasteiger partial charge in [0.1, 0.15) is 4.88 Å². The van der Waals surface area contributed by atoms with Crippen molar-refractivity contribution in [2.75, 3.05) is 7.11 Å². The summed E-state index contributed by atoms with van der Waals surface area (Å²) in [7, 11) is 1.45. The van der Waals surface area contributed by atoms with Crippen LogP contribution in [-0.4, -0.2) is 35.0 Å². The number of aromatic nitrogens is 2. The number of carbonyl (C=O) groups excluding carboxylic acids is 2. The average Bonchev–Trinajstić information content (AvgIpc) is 3.55. The number of amides is 1. The maximum Gasteiger partial charge on any atom is 0.355 e. The van der Waals surface area contributed by atoms with E-state index in [9.17, 15) is 9.59 Å². The fraction of sp³-hybridized carbons (Fsp3) is 0.0714. The fourth-order valence-corrected chi connectivity index (χ4v) is 5.61. The molecule has 0 unspecified atom stereocenters. The van der Waals surface area contributed by atoms with Crippen LogP contribution in [0.5, 0.6) is 11.5 Å². The van der Waals surface area contributed by atoms with E-state index < -0.39 is 11.9 Å². The van der Waals surface area contributed by atoms with Crippen LogP contribution in [0, 0.1) is 0 Å². The maximum absolute atomic E-state index is 12.8. The molecule has 202 valence electrons. The Kier molecular flexibility index (Phi) is 8.37. The van der Waals surface area contributed by atoms with Gasteiger partial charge in [0.25, 0.3) is 5.91 Å². The summed E-state index contributed by atoms with van der Waals surface area (Å²) in [5.74, 6) is -0.556. The second kappa shape index (κ2) is 12.1. The Hall–Kier alpha value is -3.89. The normalized spacial score (nSPS) is 11.2. The minimum atomic E-state index is -0.587. The first-order valence-corrected chi connectivity index (χ1v) is 13.7. The van der Waals surface area contributed by atoms with E-state index in [0.29, 0.717) is 37.8 Å². The van der Waals surface area contributed by atoms with Crippen molar-refractivity contribution in [1.29, 1.82) is 0 Å². The lowest BCUT2D eigenvalue weighted by Crippen LogP contribution is -2.18. The molecule has 0 atom stereocenters. The van der Waals surface area contributed by atoms with Crippen molar-refractivity contribution in [3.05, 3.63) is 110 Å². The van der Waals surface area contributed by atoms with Gasteiger partial charge in [-0.1, -0.05) is 59.1 Å². The molecule has 0 saturated carbocycles. The van der Waals surface area contributed by atoms with Crippen molar-refractivity contribution in [1.82, 2.24) is 15.2 Å². The van der Waals surface area contributed by atoms with E-state index >= 15 is 0 Å². The number of methoxy groups -OCH3 is 1. The topological polar surface area (TPSA) is 94.8 Å². The van der Waals surface area contributed by atoms with Gasteiger partial charge in [-0.25, -0.2) is 10.2 Å². The largest absolute Gasteiger partial charge is 0.493 e. The van der Waals surface area contributed by atoms with E-state index in [1.54, 1.807) is 53.3 Å². The van der Waals surface area contributed by atoms with Crippen molar-refractivity contribution >= 4 is 74.3 Å². The molecule has 3 aromatic carbocycles. The lowest BCUT2D eigenvalue weighted by molar-refractivity contribution is 0.0734. The summed E-state index contributed by atoms with van der Waals surface area (Å²) in [4.78, 5) is 25.6. The number of benzene rings is 3. The molecular formula is C28H19Cl3N4O4S. The number of hydrazone groups is 1. The van der Waals surface area contributed by atoms with E-state index in [2.05, 4.69) is 15.6 Å². The lowest BCUT2D eigenvalue weighted by Gasteiger charge is -2.09. The zero-order valence-electron chi connectivity index (χ0n) is 20.7. The molecule has 5 rings (SSSR count). The number of hydrogen-bond donors (Lipinski definition) is 1. The molecule has 0 spiro atoms. The van der Waals surface area contributed by atoms with Gasteiger partial charge in [0.2, 0.25) is 0 Å². The molecule has 2 heterocycles. The first-order chi connectivity index (χ1) is 19.3. The van der Waals surface area contributed by atoms with Crippen molar-refractivity contribution in [2.45, 2.75) is 6.54 Å².